The molecule has 0 saturated heterocycles. The Kier molecular flexibility index (Phi) is 6.41. The van der Waals surface area contributed by atoms with E-state index >= 15 is 0 Å². The standard InChI is InChI=1S/C30H33N5/c1-22(2)19-35-28-25-17-11-12-18-26(25)31-29(27(28)32-30(35)33(3)4)34(20-23-13-7-5-8-14-23)21-24-15-9-6-10-16-24/h5-18,22H,19-21H2,1-4H3. The van der Waals surface area contributed by atoms with E-state index < -0.39 is 0 Å². The highest BCUT2D eigenvalue weighted by Crippen LogP contribution is 2.36. The van der Waals surface area contributed by atoms with Crippen molar-refractivity contribution >= 4 is 33.7 Å². The van der Waals surface area contributed by atoms with Gasteiger partial charge in [-0.2, -0.15) is 0 Å². The van der Waals surface area contributed by atoms with Gasteiger partial charge in [0, 0.05) is 39.1 Å². The molecule has 35 heavy (non-hydrogen) atoms. The highest BCUT2D eigenvalue weighted by Gasteiger charge is 2.23. The van der Waals surface area contributed by atoms with Crippen LogP contribution in [0.1, 0.15) is 25.0 Å². The van der Waals surface area contributed by atoms with E-state index in [9.17, 15) is 0 Å². The maximum atomic E-state index is 5.22. The summed E-state index contributed by atoms with van der Waals surface area (Å²) in [5, 5.41) is 1.15. The molecule has 0 atom stereocenters. The third kappa shape index (κ3) is 4.72. The van der Waals surface area contributed by atoms with Gasteiger partial charge in [-0.05, 0) is 23.1 Å². The molecule has 0 radical (unpaired) electrons. The lowest BCUT2D eigenvalue weighted by Gasteiger charge is -2.25. The number of nitrogens with zero attached hydrogens (tertiary/aromatic N) is 5. The summed E-state index contributed by atoms with van der Waals surface area (Å²) in [4.78, 5) is 14.9. The molecule has 2 heterocycles. The van der Waals surface area contributed by atoms with Gasteiger partial charge in [0.1, 0.15) is 5.52 Å². The Hall–Kier alpha value is -3.86. The molecule has 0 aliphatic heterocycles. The lowest BCUT2D eigenvalue weighted by Crippen LogP contribution is -2.23. The summed E-state index contributed by atoms with van der Waals surface area (Å²) in [6.45, 7) is 6.92. The molecule has 0 saturated carbocycles. The largest absolute Gasteiger partial charge is 0.348 e. The fourth-order valence-corrected chi connectivity index (χ4v) is 4.72. The van der Waals surface area contributed by atoms with Gasteiger partial charge in [0.15, 0.2) is 5.82 Å². The molecule has 0 fully saturated rings. The van der Waals surface area contributed by atoms with E-state index in [1.807, 2.05) is 0 Å². The summed E-state index contributed by atoms with van der Waals surface area (Å²) in [6, 6.07) is 29.7. The van der Waals surface area contributed by atoms with Crippen LogP contribution in [0.4, 0.5) is 11.8 Å². The van der Waals surface area contributed by atoms with Crippen molar-refractivity contribution < 1.29 is 0 Å². The Morgan fingerprint density at radius 2 is 1.31 bits per heavy atom. The van der Waals surface area contributed by atoms with E-state index in [1.165, 1.54) is 11.1 Å². The Labute approximate surface area is 207 Å². The van der Waals surface area contributed by atoms with Gasteiger partial charge in [0.2, 0.25) is 5.95 Å². The number of benzene rings is 3. The number of rotatable bonds is 8. The van der Waals surface area contributed by atoms with Gasteiger partial charge in [0.05, 0.1) is 11.0 Å². The molecule has 2 aromatic heterocycles. The van der Waals surface area contributed by atoms with Crippen LogP contribution in [0.3, 0.4) is 0 Å². The molecule has 5 heteroatoms. The second-order valence-electron chi connectivity index (χ2n) is 9.79. The van der Waals surface area contributed by atoms with E-state index in [4.69, 9.17) is 9.97 Å². The zero-order valence-corrected chi connectivity index (χ0v) is 21.0. The average molecular weight is 464 g/mol. The molecule has 5 nitrogen and oxygen atoms in total. The number of anilines is 2. The number of pyridine rings is 1. The van der Waals surface area contributed by atoms with Gasteiger partial charge in [0.25, 0.3) is 0 Å². The van der Waals surface area contributed by atoms with Gasteiger partial charge in [-0.15, -0.1) is 0 Å². The van der Waals surface area contributed by atoms with Crippen LogP contribution in [-0.4, -0.2) is 28.6 Å². The first-order valence-corrected chi connectivity index (χ1v) is 12.3. The molecule has 0 N–H and O–H groups in total. The average Bonchev–Trinajstić information content (AvgIpc) is 3.24. The van der Waals surface area contributed by atoms with Crippen LogP contribution >= 0.6 is 0 Å². The normalized spacial score (nSPS) is 11.5. The minimum Gasteiger partial charge on any atom is -0.348 e. The van der Waals surface area contributed by atoms with Gasteiger partial charge in [-0.3, -0.25) is 0 Å². The van der Waals surface area contributed by atoms with Crippen LogP contribution in [0.5, 0.6) is 0 Å². The summed E-state index contributed by atoms with van der Waals surface area (Å²) < 4.78 is 2.37. The topological polar surface area (TPSA) is 37.2 Å². The Morgan fingerprint density at radius 1 is 0.743 bits per heavy atom. The Bertz CT molecular complexity index is 1380. The number of imidazole rings is 1. The van der Waals surface area contributed by atoms with Gasteiger partial charge in [-0.25, -0.2) is 9.97 Å². The molecular weight excluding hydrogens is 430 g/mol. The quantitative estimate of drug-likeness (QED) is 0.263. The molecule has 0 bridgehead atoms. The van der Waals surface area contributed by atoms with Gasteiger partial charge < -0.3 is 14.4 Å². The third-order valence-electron chi connectivity index (χ3n) is 6.22. The highest BCUT2D eigenvalue weighted by atomic mass is 15.3. The van der Waals surface area contributed by atoms with Crippen LogP contribution < -0.4 is 9.80 Å². The predicted molar refractivity (Wildman–Crippen MR) is 147 cm³/mol. The van der Waals surface area contributed by atoms with Crippen molar-refractivity contribution in [1.82, 2.24) is 14.5 Å². The fourth-order valence-electron chi connectivity index (χ4n) is 4.72. The SMILES string of the molecule is CC(C)Cn1c(N(C)C)nc2c(N(Cc3ccccc3)Cc3ccccc3)nc3ccccc3c21. The van der Waals surface area contributed by atoms with E-state index in [1.54, 1.807) is 0 Å². The maximum absolute atomic E-state index is 5.22. The first-order valence-electron chi connectivity index (χ1n) is 12.3. The van der Waals surface area contributed by atoms with Crippen LogP contribution in [-0.2, 0) is 19.6 Å². The summed E-state index contributed by atoms with van der Waals surface area (Å²) in [5.74, 6) is 2.38. The van der Waals surface area contributed by atoms with E-state index in [0.29, 0.717) is 5.92 Å². The van der Waals surface area contributed by atoms with Gasteiger partial charge in [-0.1, -0.05) is 92.7 Å². The molecule has 0 amide bonds. The summed E-state index contributed by atoms with van der Waals surface area (Å²) in [7, 11) is 4.14. The minimum atomic E-state index is 0.492. The Morgan fingerprint density at radius 3 is 1.89 bits per heavy atom. The highest BCUT2D eigenvalue weighted by molar-refractivity contribution is 6.08. The predicted octanol–water partition coefficient (Wildman–Crippen LogP) is 6.51. The third-order valence-corrected chi connectivity index (χ3v) is 6.22. The van der Waals surface area contributed by atoms with Crippen molar-refractivity contribution in [2.75, 3.05) is 23.9 Å². The van der Waals surface area contributed by atoms with Crippen LogP contribution in [0, 0.1) is 5.92 Å². The second kappa shape index (κ2) is 9.79. The smallest absolute Gasteiger partial charge is 0.206 e. The van der Waals surface area contributed by atoms with E-state index in [0.717, 1.165) is 53.3 Å². The monoisotopic (exact) mass is 463 g/mol. The van der Waals surface area contributed by atoms with Crippen molar-refractivity contribution in [3.63, 3.8) is 0 Å². The van der Waals surface area contributed by atoms with E-state index in [2.05, 4.69) is 127 Å². The first kappa shape index (κ1) is 22.9. The molecule has 0 unspecified atom stereocenters. The van der Waals surface area contributed by atoms with Crippen molar-refractivity contribution in [3.8, 4) is 0 Å². The lowest BCUT2D eigenvalue weighted by atomic mass is 10.1. The molecule has 0 aliphatic rings. The lowest BCUT2D eigenvalue weighted by molar-refractivity contribution is 0.533. The Balaban J connectivity index is 1.76. The molecule has 0 aliphatic carbocycles. The number of para-hydroxylation sites is 1. The molecule has 0 spiro atoms. The van der Waals surface area contributed by atoms with Crippen molar-refractivity contribution in [3.05, 3.63) is 96.1 Å². The number of fused-ring (bicyclic) bond motifs is 3. The van der Waals surface area contributed by atoms with Crippen molar-refractivity contribution in [1.29, 1.82) is 0 Å². The molecular formula is C30H33N5. The number of hydrogen-bond acceptors (Lipinski definition) is 4. The number of hydrogen-bond donors (Lipinski definition) is 0. The van der Waals surface area contributed by atoms with Crippen molar-refractivity contribution in [2.45, 2.75) is 33.5 Å². The second-order valence-corrected chi connectivity index (χ2v) is 9.79. The number of aromatic nitrogens is 3. The molecule has 5 aromatic rings. The van der Waals surface area contributed by atoms with Gasteiger partial charge >= 0.3 is 0 Å². The summed E-state index contributed by atoms with van der Waals surface area (Å²) in [6.07, 6.45) is 0. The van der Waals surface area contributed by atoms with Crippen LogP contribution in [0.15, 0.2) is 84.9 Å². The maximum Gasteiger partial charge on any atom is 0.206 e. The minimum absolute atomic E-state index is 0.492. The van der Waals surface area contributed by atoms with E-state index in [-0.39, 0.29) is 0 Å². The molecule has 3 aromatic carbocycles. The summed E-state index contributed by atoms with van der Waals surface area (Å²) in [5.41, 5.74) is 5.62. The zero-order chi connectivity index (χ0) is 24.4. The molecule has 5 rings (SSSR count). The van der Waals surface area contributed by atoms with Crippen LogP contribution in [0.2, 0.25) is 0 Å². The zero-order valence-electron chi connectivity index (χ0n) is 21.0. The first-order chi connectivity index (χ1) is 17.0. The van der Waals surface area contributed by atoms with Crippen LogP contribution in [0.25, 0.3) is 21.9 Å². The fraction of sp³-hybridized carbons (Fsp3) is 0.267. The molecule has 178 valence electrons. The summed E-state index contributed by atoms with van der Waals surface area (Å²) >= 11 is 0. The van der Waals surface area contributed by atoms with Crippen molar-refractivity contribution in [2.24, 2.45) is 5.92 Å².